The van der Waals surface area contributed by atoms with Gasteiger partial charge in [-0.2, -0.15) is 0 Å². The molecule has 1 saturated heterocycles. The molecule has 0 N–H and O–H groups in total. The van der Waals surface area contributed by atoms with Gasteiger partial charge >= 0.3 is 0 Å². The van der Waals surface area contributed by atoms with Crippen LogP contribution in [0.4, 0.5) is 0 Å². The lowest BCUT2D eigenvalue weighted by Gasteiger charge is -2.20. The molecule has 1 fully saturated rings. The van der Waals surface area contributed by atoms with Crippen molar-refractivity contribution in [3.63, 3.8) is 0 Å². The molecule has 11 heavy (non-hydrogen) atoms. The van der Waals surface area contributed by atoms with Crippen LogP contribution in [0.15, 0.2) is 0 Å². The second-order valence-corrected chi connectivity index (χ2v) is 4.47. The summed E-state index contributed by atoms with van der Waals surface area (Å²) in [7, 11) is 0. The van der Waals surface area contributed by atoms with Gasteiger partial charge in [0, 0.05) is 0 Å². The zero-order valence-corrected chi connectivity index (χ0v) is 9.10. The number of rotatable bonds is 3. The summed E-state index contributed by atoms with van der Waals surface area (Å²) in [6, 6.07) is 0. The summed E-state index contributed by atoms with van der Waals surface area (Å²) in [6.07, 6.45) is 4.01. The Labute approximate surface area is 78.3 Å². The average molecular weight is 220 g/mol. The Morgan fingerprint density at radius 3 is 2.73 bits per heavy atom. The first kappa shape index (κ1) is 9.53. The van der Waals surface area contributed by atoms with E-state index in [0.717, 1.165) is 5.92 Å². The molecule has 2 heteroatoms. The highest BCUT2D eigenvalue weighted by Crippen LogP contribution is 2.28. The van der Waals surface area contributed by atoms with Crippen LogP contribution in [0.25, 0.3) is 0 Å². The Balaban J connectivity index is 2.24. The van der Waals surface area contributed by atoms with E-state index in [2.05, 4.69) is 34.7 Å². The van der Waals surface area contributed by atoms with Crippen molar-refractivity contribution < 1.29 is 0 Å². The first-order valence-electron chi connectivity index (χ1n) is 4.63. The number of unbranched alkanes of at least 4 members (excludes halogenated alkanes) is 1. The van der Waals surface area contributed by atoms with Crippen LogP contribution < -0.4 is 0 Å². The van der Waals surface area contributed by atoms with Gasteiger partial charge in [-0.05, 0) is 31.8 Å². The summed E-state index contributed by atoms with van der Waals surface area (Å²) >= 11 is 3.73. The third-order valence-electron chi connectivity index (χ3n) is 2.49. The fraction of sp³-hybridized carbons (Fsp3) is 1.00. The lowest BCUT2D eigenvalue weighted by molar-refractivity contribution is 0.302. The van der Waals surface area contributed by atoms with E-state index >= 15 is 0 Å². The van der Waals surface area contributed by atoms with Gasteiger partial charge in [0.1, 0.15) is 0 Å². The van der Waals surface area contributed by atoms with E-state index in [1.54, 1.807) is 0 Å². The second kappa shape index (κ2) is 4.46. The highest BCUT2D eigenvalue weighted by molar-refractivity contribution is 9.09. The minimum Gasteiger partial charge on any atom is -0.291 e. The fourth-order valence-corrected chi connectivity index (χ4v) is 2.26. The molecule has 0 aromatic heterocycles. The summed E-state index contributed by atoms with van der Waals surface area (Å²) in [4.78, 5) is 3.20. The van der Waals surface area contributed by atoms with E-state index in [9.17, 15) is 0 Å². The van der Waals surface area contributed by atoms with E-state index in [0.29, 0.717) is 4.95 Å². The van der Waals surface area contributed by atoms with Crippen LogP contribution in [0, 0.1) is 5.92 Å². The Morgan fingerprint density at radius 2 is 2.27 bits per heavy atom. The number of alkyl halides is 1. The third-order valence-corrected chi connectivity index (χ3v) is 3.97. The van der Waals surface area contributed by atoms with E-state index < -0.39 is 0 Å². The van der Waals surface area contributed by atoms with Crippen molar-refractivity contribution >= 4 is 15.9 Å². The molecule has 2 atom stereocenters. The van der Waals surface area contributed by atoms with Crippen molar-refractivity contribution in [2.24, 2.45) is 5.92 Å². The Kier molecular flexibility index (Phi) is 3.86. The van der Waals surface area contributed by atoms with Gasteiger partial charge in [-0.3, -0.25) is 4.90 Å². The predicted octanol–water partition coefficient (Wildman–Crippen LogP) is 2.85. The second-order valence-electron chi connectivity index (χ2n) is 3.53. The lowest BCUT2D eigenvalue weighted by atomic mass is 10.2. The molecule has 0 aromatic carbocycles. The van der Waals surface area contributed by atoms with Crippen LogP contribution in [-0.2, 0) is 0 Å². The number of halogens is 1. The van der Waals surface area contributed by atoms with Crippen LogP contribution in [0.5, 0.6) is 0 Å². The van der Waals surface area contributed by atoms with Crippen LogP contribution in [0.3, 0.4) is 0 Å². The molecule has 0 aromatic rings. The Hall–Kier alpha value is 0.440. The van der Waals surface area contributed by atoms with E-state index in [1.807, 2.05) is 0 Å². The van der Waals surface area contributed by atoms with Crippen LogP contribution in [0.2, 0.25) is 0 Å². The van der Waals surface area contributed by atoms with Gasteiger partial charge in [0.2, 0.25) is 0 Å². The van der Waals surface area contributed by atoms with E-state index in [4.69, 9.17) is 0 Å². The Morgan fingerprint density at radius 1 is 1.55 bits per heavy atom. The molecular weight excluding hydrogens is 202 g/mol. The molecule has 0 radical (unpaired) electrons. The molecule has 1 aliphatic rings. The quantitative estimate of drug-likeness (QED) is 0.522. The summed E-state index contributed by atoms with van der Waals surface area (Å²) in [5.74, 6) is 0.840. The summed E-state index contributed by atoms with van der Waals surface area (Å²) in [5.41, 5.74) is 0. The zero-order valence-electron chi connectivity index (χ0n) is 7.52. The van der Waals surface area contributed by atoms with Gasteiger partial charge in [-0.25, -0.2) is 0 Å². The van der Waals surface area contributed by atoms with Crippen molar-refractivity contribution in [3.05, 3.63) is 0 Å². The first-order valence-corrected chi connectivity index (χ1v) is 5.55. The predicted molar refractivity (Wildman–Crippen MR) is 53.0 cm³/mol. The fourth-order valence-electron chi connectivity index (χ4n) is 1.59. The maximum absolute atomic E-state index is 3.73. The smallest absolute Gasteiger partial charge is 0.0681 e. The SMILES string of the molecule is CCCCN1CCC(C)C1Br. The minimum absolute atomic E-state index is 0.647. The van der Waals surface area contributed by atoms with Gasteiger partial charge in [0.05, 0.1) is 4.95 Å². The van der Waals surface area contributed by atoms with Crippen LogP contribution in [0.1, 0.15) is 33.1 Å². The van der Waals surface area contributed by atoms with Crippen LogP contribution in [-0.4, -0.2) is 22.9 Å². The molecule has 0 spiro atoms. The maximum Gasteiger partial charge on any atom is 0.0681 e. The average Bonchev–Trinajstić information content (AvgIpc) is 2.31. The minimum atomic E-state index is 0.647. The van der Waals surface area contributed by atoms with Gasteiger partial charge in [0.15, 0.2) is 0 Å². The van der Waals surface area contributed by atoms with Crippen molar-refractivity contribution in [1.29, 1.82) is 0 Å². The number of nitrogens with zero attached hydrogens (tertiary/aromatic N) is 1. The van der Waals surface area contributed by atoms with Crippen molar-refractivity contribution in [2.75, 3.05) is 13.1 Å². The standard InChI is InChI=1S/C9H18BrN/c1-3-4-6-11-7-5-8(2)9(11)10/h8-9H,3-7H2,1-2H3. The molecular formula is C9H18BrN. The van der Waals surface area contributed by atoms with E-state index in [1.165, 1.54) is 32.4 Å². The largest absolute Gasteiger partial charge is 0.291 e. The monoisotopic (exact) mass is 219 g/mol. The summed E-state index contributed by atoms with van der Waals surface area (Å²) < 4.78 is 0. The van der Waals surface area contributed by atoms with Crippen molar-refractivity contribution in [1.82, 2.24) is 4.90 Å². The van der Waals surface area contributed by atoms with Gasteiger partial charge < -0.3 is 0 Å². The number of hydrogen-bond donors (Lipinski definition) is 0. The van der Waals surface area contributed by atoms with Crippen molar-refractivity contribution in [3.8, 4) is 0 Å². The normalized spacial score (nSPS) is 33.0. The molecule has 0 saturated carbocycles. The molecule has 0 amide bonds. The molecule has 1 heterocycles. The number of hydrogen-bond acceptors (Lipinski definition) is 1. The van der Waals surface area contributed by atoms with E-state index in [-0.39, 0.29) is 0 Å². The van der Waals surface area contributed by atoms with Gasteiger partial charge in [-0.15, -0.1) is 0 Å². The van der Waals surface area contributed by atoms with Crippen molar-refractivity contribution in [2.45, 2.75) is 38.1 Å². The highest BCUT2D eigenvalue weighted by atomic mass is 79.9. The summed E-state index contributed by atoms with van der Waals surface area (Å²) in [5, 5.41) is 0. The zero-order chi connectivity index (χ0) is 8.27. The molecule has 0 aliphatic carbocycles. The first-order chi connectivity index (χ1) is 5.25. The Bertz CT molecular complexity index is 116. The molecule has 66 valence electrons. The number of likely N-dealkylation sites (tertiary alicyclic amines) is 1. The van der Waals surface area contributed by atoms with Gasteiger partial charge in [0.25, 0.3) is 0 Å². The van der Waals surface area contributed by atoms with Gasteiger partial charge in [-0.1, -0.05) is 36.2 Å². The highest BCUT2D eigenvalue weighted by Gasteiger charge is 2.27. The topological polar surface area (TPSA) is 3.24 Å². The molecule has 1 aliphatic heterocycles. The van der Waals surface area contributed by atoms with Crippen LogP contribution >= 0.6 is 15.9 Å². The molecule has 0 bridgehead atoms. The molecule has 2 unspecified atom stereocenters. The maximum atomic E-state index is 3.73. The third kappa shape index (κ3) is 2.45. The molecule has 1 nitrogen and oxygen atoms in total. The molecule has 1 rings (SSSR count). The lowest BCUT2D eigenvalue weighted by Crippen LogP contribution is -2.27. The summed E-state index contributed by atoms with van der Waals surface area (Å²) in [6.45, 7) is 7.14.